The van der Waals surface area contributed by atoms with Crippen LogP contribution < -0.4 is 4.40 Å². The summed E-state index contributed by atoms with van der Waals surface area (Å²) in [5, 5.41) is 2.22. The second kappa shape index (κ2) is 15.4. The first-order valence-corrected chi connectivity index (χ1v) is 24.2. The van der Waals surface area contributed by atoms with Crippen LogP contribution in [0.2, 0.25) is 17.3 Å². The number of hydrogen-bond acceptors (Lipinski definition) is 3. The molecule has 3 heterocycles. The molecule has 0 unspecified atom stereocenters. The standard InChI is InChI=1S/C26H20NO.C18H24GeN.Ir/c1-26(2,18-9-4-3-5-10-18)19-15-16-27-23(17-19)22-13-8-12-21-20-11-6-7-14-24(20)28-25(21)22;1-14(2)11-16-12-18(15-9-7-6-8-10-15)20-13-17(16)19(3,4)5;/h3-12,14-17H,1-2H3;6-9,12-14H,11H2,1-5H3;/q2*-1;. The molecule has 0 saturated carbocycles. The van der Waals surface area contributed by atoms with Crippen LogP contribution in [0.4, 0.5) is 0 Å². The maximum atomic E-state index is 6.18. The number of para-hydroxylation sites is 1. The Hall–Kier alpha value is -3.83. The number of rotatable bonds is 7. The SMILES string of the molecule is CC(C)(c1ccccc1)c1ccnc(-c2[c-]ccc3c2oc2ccccc23)c1.CC(C)Cc1cc(-c2[c-]cccc2)nc[c]1[Ge]([CH3])([CH3])[CH3].[Ir]. The quantitative estimate of drug-likeness (QED) is 0.118. The van der Waals surface area contributed by atoms with Gasteiger partial charge in [0.25, 0.3) is 0 Å². The molecule has 7 rings (SSSR count). The molecule has 49 heavy (non-hydrogen) atoms. The molecule has 1 radical (unpaired) electrons. The second-order valence-electron chi connectivity index (χ2n) is 14.5. The van der Waals surface area contributed by atoms with E-state index >= 15 is 0 Å². The Morgan fingerprint density at radius 1 is 0.735 bits per heavy atom. The van der Waals surface area contributed by atoms with E-state index in [0.717, 1.165) is 50.9 Å². The molecule has 7 aromatic rings. The zero-order valence-electron chi connectivity index (χ0n) is 29.5. The average molecular weight is 882 g/mol. The number of furan rings is 1. The fourth-order valence-corrected chi connectivity index (χ4v) is 9.67. The third-order valence-corrected chi connectivity index (χ3v) is 13.3. The van der Waals surface area contributed by atoms with Gasteiger partial charge in [0.1, 0.15) is 5.58 Å². The van der Waals surface area contributed by atoms with E-state index in [1.54, 1.807) is 4.40 Å². The van der Waals surface area contributed by atoms with Crippen LogP contribution in [0.3, 0.4) is 0 Å². The molecule has 3 nitrogen and oxygen atoms in total. The summed E-state index contributed by atoms with van der Waals surface area (Å²) in [6.07, 6.45) is 5.15. The summed E-state index contributed by atoms with van der Waals surface area (Å²) in [4.78, 5) is 9.34. The Morgan fingerprint density at radius 3 is 2.18 bits per heavy atom. The fraction of sp³-hybridized carbons (Fsp3) is 0.227. The first-order valence-electron chi connectivity index (χ1n) is 16.8. The van der Waals surface area contributed by atoms with E-state index in [1.165, 1.54) is 16.7 Å². The molecule has 0 aliphatic carbocycles. The first kappa shape index (κ1) is 36.5. The van der Waals surface area contributed by atoms with Crippen LogP contribution in [0.25, 0.3) is 44.5 Å². The minimum atomic E-state index is -1.86. The third-order valence-electron chi connectivity index (χ3n) is 8.98. The van der Waals surface area contributed by atoms with Crippen LogP contribution in [-0.4, -0.2) is 23.2 Å². The van der Waals surface area contributed by atoms with E-state index < -0.39 is 13.3 Å². The molecule has 5 heteroatoms. The maximum absolute atomic E-state index is 6.18. The van der Waals surface area contributed by atoms with Crippen molar-refractivity contribution in [3.05, 3.63) is 150 Å². The van der Waals surface area contributed by atoms with Crippen molar-refractivity contribution in [2.75, 3.05) is 0 Å². The predicted octanol–water partition coefficient (Wildman–Crippen LogP) is 11.1. The molecule has 0 atom stereocenters. The summed E-state index contributed by atoms with van der Waals surface area (Å²) in [7, 11) is 0. The van der Waals surface area contributed by atoms with Crippen LogP contribution in [0.1, 0.15) is 44.4 Å². The molecular weight excluding hydrogens is 837 g/mol. The zero-order chi connectivity index (χ0) is 33.9. The molecule has 0 aliphatic heterocycles. The third kappa shape index (κ3) is 8.15. The molecule has 0 aliphatic rings. The van der Waals surface area contributed by atoms with Gasteiger partial charge in [0, 0.05) is 37.1 Å². The van der Waals surface area contributed by atoms with Gasteiger partial charge in [0.05, 0.1) is 5.58 Å². The fourth-order valence-electron chi connectivity index (χ4n) is 6.34. The first-order chi connectivity index (χ1) is 23.0. The molecule has 0 saturated heterocycles. The largest absolute Gasteiger partial charge is 0 e. The normalized spacial score (nSPS) is 11.7. The van der Waals surface area contributed by atoms with E-state index in [1.807, 2.05) is 48.7 Å². The van der Waals surface area contributed by atoms with E-state index in [9.17, 15) is 0 Å². The molecule has 0 amide bonds. The van der Waals surface area contributed by atoms with Crippen LogP contribution in [-0.2, 0) is 31.9 Å². The summed E-state index contributed by atoms with van der Waals surface area (Å²) >= 11 is -1.86. The van der Waals surface area contributed by atoms with Gasteiger partial charge in [-0.1, -0.05) is 79.4 Å². The summed E-state index contributed by atoms with van der Waals surface area (Å²) < 4.78 is 7.72. The van der Waals surface area contributed by atoms with E-state index in [0.29, 0.717) is 5.92 Å². The second-order valence-corrected chi connectivity index (χ2v) is 25.0. The Labute approximate surface area is 307 Å². The van der Waals surface area contributed by atoms with Crippen molar-refractivity contribution in [1.29, 1.82) is 0 Å². The van der Waals surface area contributed by atoms with Gasteiger partial charge in [0.15, 0.2) is 0 Å². The number of nitrogens with zero attached hydrogens (tertiary/aromatic N) is 2. The Balaban J connectivity index is 0.000000199. The summed E-state index contributed by atoms with van der Waals surface area (Å²) in [5.41, 5.74) is 9.51. The monoisotopic (exact) mass is 883 g/mol. The van der Waals surface area contributed by atoms with Crippen LogP contribution in [0.5, 0.6) is 0 Å². The topological polar surface area (TPSA) is 38.9 Å². The van der Waals surface area contributed by atoms with E-state index in [4.69, 9.17) is 9.40 Å². The Kier molecular flexibility index (Phi) is 11.4. The van der Waals surface area contributed by atoms with Gasteiger partial charge in [-0.05, 0) is 29.0 Å². The average Bonchev–Trinajstić information content (AvgIpc) is 3.48. The van der Waals surface area contributed by atoms with E-state index in [2.05, 4.69) is 135 Å². The van der Waals surface area contributed by atoms with Gasteiger partial charge >= 0.3 is 126 Å². The number of fused-ring (bicyclic) bond motifs is 3. The van der Waals surface area contributed by atoms with Crippen molar-refractivity contribution in [3.63, 3.8) is 0 Å². The minimum absolute atomic E-state index is 0. The van der Waals surface area contributed by atoms with E-state index in [-0.39, 0.29) is 25.5 Å². The molecule has 4 aromatic carbocycles. The van der Waals surface area contributed by atoms with Crippen LogP contribution >= 0.6 is 0 Å². The van der Waals surface area contributed by atoms with Crippen molar-refractivity contribution in [2.45, 2.75) is 56.8 Å². The van der Waals surface area contributed by atoms with Crippen molar-refractivity contribution in [1.82, 2.24) is 9.97 Å². The maximum Gasteiger partial charge on any atom is 0 e. The molecule has 0 N–H and O–H groups in total. The number of benzene rings is 4. The van der Waals surface area contributed by atoms with Gasteiger partial charge in [0.2, 0.25) is 0 Å². The number of aromatic nitrogens is 2. The summed E-state index contributed by atoms with van der Waals surface area (Å²) in [5.74, 6) is 7.99. The Bertz CT molecular complexity index is 2150. The summed E-state index contributed by atoms with van der Waals surface area (Å²) in [6.45, 7) is 9.06. The molecule has 3 aromatic heterocycles. The molecule has 0 bridgehead atoms. The summed E-state index contributed by atoms with van der Waals surface area (Å²) in [6, 6.07) is 44.0. The van der Waals surface area contributed by atoms with Gasteiger partial charge in [-0.25, -0.2) is 0 Å². The van der Waals surface area contributed by atoms with Crippen molar-refractivity contribution < 1.29 is 24.5 Å². The van der Waals surface area contributed by atoms with Crippen molar-refractivity contribution in [3.8, 4) is 22.5 Å². The smallest absolute Gasteiger partial charge is 0 e. The number of hydrogen-bond donors (Lipinski definition) is 0. The van der Waals surface area contributed by atoms with Crippen LogP contribution in [0, 0.1) is 18.1 Å². The van der Waals surface area contributed by atoms with Crippen LogP contribution in [0.15, 0.2) is 126 Å². The molecular formula is C44H44GeIrN2O-2. The molecule has 0 spiro atoms. The Morgan fingerprint density at radius 2 is 1.47 bits per heavy atom. The van der Waals surface area contributed by atoms with Gasteiger partial charge in [-0.2, -0.15) is 0 Å². The van der Waals surface area contributed by atoms with Gasteiger partial charge in [-0.15, -0.1) is 18.2 Å². The zero-order valence-corrected chi connectivity index (χ0v) is 34.0. The van der Waals surface area contributed by atoms with Gasteiger partial charge < -0.3 is 9.40 Å². The van der Waals surface area contributed by atoms with Gasteiger partial charge in [-0.3, -0.25) is 0 Å². The van der Waals surface area contributed by atoms with Crippen molar-refractivity contribution in [2.24, 2.45) is 5.92 Å². The molecule has 0 fully saturated rings. The number of pyridine rings is 2. The molecule has 251 valence electrons. The minimum Gasteiger partial charge on any atom is 0 e. The predicted molar refractivity (Wildman–Crippen MR) is 204 cm³/mol. The van der Waals surface area contributed by atoms with Crippen molar-refractivity contribution >= 4 is 39.6 Å².